The standard InChI is InChI=1S/C13H15Cl2N3/c1-13(2,3)18-11(8-14)16-17-12(18)9-6-4-5-7-10(9)15/h4-7H,8H2,1-3H3. The van der Waals surface area contributed by atoms with Crippen molar-refractivity contribution in [2.45, 2.75) is 32.2 Å². The van der Waals surface area contributed by atoms with Gasteiger partial charge >= 0.3 is 0 Å². The Morgan fingerprint density at radius 2 is 1.83 bits per heavy atom. The number of aromatic nitrogens is 3. The predicted octanol–water partition coefficient (Wildman–Crippen LogP) is 4.09. The van der Waals surface area contributed by atoms with E-state index in [4.69, 9.17) is 23.2 Å². The van der Waals surface area contributed by atoms with Gasteiger partial charge in [0.2, 0.25) is 0 Å². The summed E-state index contributed by atoms with van der Waals surface area (Å²) >= 11 is 12.1. The van der Waals surface area contributed by atoms with E-state index in [0.717, 1.165) is 17.2 Å². The molecule has 1 aromatic heterocycles. The van der Waals surface area contributed by atoms with Crippen LogP contribution in [0, 0.1) is 0 Å². The molecule has 5 heteroatoms. The number of rotatable bonds is 2. The molecule has 0 radical (unpaired) electrons. The Balaban J connectivity index is 2.66. The molecule has 0 spiro atoms. The molecule has 0 bridgehead atoms. The van der Waals surface area contributed by atoms with E-state index in [1.807, 2.05) is 28.8 Å². The largest absolute Gasteiger partial charge is 0.305 e. The van der Waals surface area contributed by atoms with Crippen molar-refractivity contribution in [1.82, 2.24) is 14.8 Å². The van der Waals surface area contributed by atoms with E-state index in [-0.39, 0.29) is 5.54 Å². The summed E-state index contributed by atoms with van der Waals surface area (Å²) in [6, 6.07) is 7.61. The minimum absolute atomic E-state index is 0.151. The number of benzene rings is 1. The fourth-order valence-corrected chi connectivity index (χ4v) is 2.32. The quantitative estimate of drug-likeness (QED) is 0.777. The van der Waals surface area contributed by atoms with Gasteiger partial charge in [0.1, 0.15) is 5.82 Å². The zero-order valence-corrected chi connectivity index (χ0v) is 12.1. The van der Waals surface area contributed by atoms with Crippen LogP contribution in [0.25, 0.3) is 11.4 Å². The molecule has 0 N–H and O–H groups in total. The summed E-state index contributed by atoms with van der Waals surface area (Å²) in [5.41, 5.74) is 0.723. The average molecular weight is 284 g/mol. The highest BCUT2D eigenvalue weighted by molar-refractivity contribution is 6.33. The van der Waals surface area contributed by atoms with Crippen molar-refractivity contribution in [3.63, 3.8) is 0 Å². The normalized spacial score (nSPS) is 11.8. The third-order valence-electron chi connectivity index (χ3n) is 2.64. The summed E-state index contributed by atoms with van der Waals surface area (Å²) in [5.74, 6) is 1.83. The monoisotopic (exact) mass is 283 g/mol. The van der Waals surface area contributed by atoms with Crippen LogP contribution in [0.2, 0.25) is 5.02 Å². The minimum atomic E-state index is -0.151. The summed E-state index contributed by atoms with van der Waals surface area (Å²) in [5, 5.41) is 9.03. The van der Waals surface area contributed by atoms with Gasteiger partial charge in [-0.25, -0.2) is 0 Å². The summed E-state index contributed by atoms with van der Waals surface area (Å²) in [7, 11) is 0. The third kappa shape index (κ3) is 2.38. The molecule has 0 fully saturated rings. The van der Waals surface area contributed by atoms with Gasteiger partial charge in [-0.05, 0) is 32.9 Å². The number of halogens is 2. The summed E-state index contributed by atoms with van der Waals surface area (Å²) in [4.78, 5) is 0. The van der Waals surface area contributed by atoms with E-state index in [9.17, 15) is 0 Å². The Morgan fingerprint density at radius 1 is 1.17 bits per heavy atom. The lowest BCUT2D eigenvalue weighted by Crippen LogP contribution is -2.24. The molecule has 1 heterocycles. The zero-order valence-electron chi connectivity index (χ0n) is 10.6. The molecular weight excluding hydrogens is 269 g/mol. The Hall–Kier alpha value is -1.06. The second kappa shape index (κ2) is 4.90. The van der Waals surface area contributed by atoms with Crippen LogP contribution in [0.15, 0.2) is 24.3 Å². The van der Waals surface area contributed by atoms with Crippen LogP contribution in [0.4, 0.5) is 0 Å². The summed E-state index contributed by atoms with van der Waals surface area (Å²) < 4.78 is 2.03. The average Bonchev–Trinajstić information content (AvgIpc) is 2.73. The van der Waals surface area contributed by atoms with Crippen LogP contribution >= 0.6 is 23.2 Å². The predicted molar refractivity (Wildman–Crippen MR) is 75.0 cm³/mol. The van der Waals surface area contributed by atoms with Crippen molar-refractivity contribution >= 4 is 23.2 Å². The summed E-state index contributed by atoms with van der Waals surface area (Å²) in [6.07, 6.45) is 0. The van der Waals surface area contributed by atoms with Crippen LogP contribution in [0.3, 0.4) is 0 Å². The van der Waals surface area contributed by atoms with Crippen LogP contribution < -0.4 is 0 Å². The van der Waals surface area contributed by atoms with E-state index in [1.54, 1.807) is 0 Å². The molecule has 0 amide bonds. The first-order chi connectivity index (χ1) is 8.45. The third-order valence-corrected chi connectivity index (χ3v) is 3.20. The SMILES string of the molecule is CC(C)(C)n1c(CCl)nnc1-c1ccccc1Cl. The number of alkyl halides is 1. The number of hydrogen-bond donors (Lipinski definition) is 0. The maximum Gasteiger partial charge on any atom is 0.166 e. The van der Waals surface area contributed by atoms with Crippen molar-refractivity contribution in [3.8, 4) is 11.4 Å². The van der Waals surface area contributed by atoms with Crippen LogP contribution in [0.1, 0.15) is 26.6 Å². The van der Waals surface area contributed by atoms with Gasteiger partial charge in [-0.15, -0.1) is 21.8 Å². The number of hydrogen-bond acceptors (Lipinski definition) is 2. The highest BCUT2D eigenvalue weighted by Gasteiger charge is 2.24. The minimum Gasteiger partial charge on any atom is -0.305 e. The maximum atomic E-state index is 6.22. The Kier molecular flexibility index (Phi) is 3.64. The molecule has 0 saturated heterocycles. The van der Waals surface area contributed by atoms with Gasteiger partial charge < -0.3 is 4.57 Å². The topological polar surface area (TPSA) is 30.7 Å². The van der Waals surface area contributed by atoms with Gasteiger partial charge in [0, 0.05) is 11.1 Å². The van der Waals surface area contributed by atoms with E-state index < -0.39 is 0 Å². The molecule has 1 aromatic carbocycles. The lowest BCUT2D eigenvalue weighted by Gasteiger charge is -2.24. The van der Waals surface area contributed by atoms with E-state index in [1.165, 1.54) is 0 Å². The molecule has 0 aliphatic heterocycles. The molecule has 0 atom stereocenters. The van der Waals surface area contributed by atoms with Crippen molar-refractivity contribution in [3.05, 3.63) is 35.1 Å². The molecule has 3 nitrogen and oxygen atoms in total. The van der Waals surface area contributed by atoms with Crippen LogP contribution in [-0.4, -0.2) is 14.8 Å². The van der Waals surface area contributed by atoms with Crippen molar-refractivity contribution in [2.24, 2.45) is 0 Å². The molecule has 0 saturated carbocycles. The Bertz CT molecular complexity index is 556. The molecular formula is C13H15Cl2N3. The van der Waals surface area contributed by atoms with Crippen molar-refractivity contribution in [1.29, 1.82) is 0 Å². The fraction of sp³-hybridized carbons (Fsp3) is 0.385. The van der Waals surface area contributed by atoms with Gasteiger partial charge in [-0.3, -0.25) is 0 Å². The van der Waals surface area contributed by atoms with Crippen LogP contribution in [-0.2, 0) is 11.4 Å². The van der Waals surface area contributed by atoms with Gasteiger partial charge in [-0.1, -0.05) is 23.7 Å². The molecule has 0 unspecified atom stereocenters. The zero-order chi connectivity index (χ0) is 13.3. The van der Waals surface area contributed by atoms with Crippen LogP contribution in [0.5, 0.6) is 0 Å². The molecule has 18 heavy (non-hydrogen) atoms. The lowest BCUT2D eigenvalue weighted by atomic mass is 10.1. The maximum absolute atomic E-state index is 6.22. The van der Waals surface area contributed by atoms with E-state index >= 15 is 0 Å². The first kappa shape index (κ1) is 13.4. The molecule has 2 rings (SSSR count). The molecule has 0 aliphatic rings. The lowest BCUT2D eigenvalue weighted by molar-refractivity contribution is 0.390. The van der Waals surface area contributed by atoms with Crippen molar-refractivity contribution < 1.29 is 0 Å². The molecule has 96 valence electrons. The smallest absolute Gasteiger partial charge is 0.166 e. The first-order valence-electron chi connectivity index (χ1n) is 5.71. The van der Waals surface area contributed by atoms with E-state index in [2.05, 4.69) is 31.0 Å². The Morgan fingerprint density at radius 3 is 2.39 bits per heavy atom. The van der Waals surface area contributed by atoms with Gasteiger partial charge in [-0.2, -0.15) is 0 Å². The second-order valence-corrected chi connectivity index (χ2v) is 5.73. The first-order valence-corrected chi connectivity index (χ1v) is 6.62. The fourth-order valence-electron chi connectivity index (χ4n) is 1.92. The highest BCUT2D eigenvalue weighted by Crippen LogP contribution is 2.31. The highest BCUT2D eigenvalue weighted by atomic mass is 35.5. The van der Waals surface area contributed by atoms with E-state index in [0.29, 0.717) is 10.9 Å². The molecule has 2 aromatic rings. The second-order valence-electron chi connectivity index (χ2n) is 5.06. The van der Waals surface area contributed by atoms with Gasteiger partial charge in [0.15, 0.2) is 5.82 Å². The molecule has 0 aliphatic carbocycles. The Labute approximate surface area is 117 Å². The van der Waals surface area contributed by atoms with Gasteiger partial charge in [0.05, 0.1) is 10.9 Å². The number of nitrogens with zero attached hydrogens (tertiary/aromatic N) is 3. The van der Waals surface area contributed by atoms with Crippen molar-refractivity contribution in [2.75, 3.05) is 0 Å². The van der Waals surface area contributed by atoms with Gasteiger partial charge in [0.25, 0.3) is 0 Å². The summed E-state index contributed by atoms with van der Waals surface area (Å²) in [6.45, 7) is 6.27.